The summed E-state index contributed by atoms with van der Waals surface area (Å²) in [6, 6.07) is 12.8. The second-order valence-electron chi connectivity index (χ2n) is 7.47. The van der Waals surface area contributed by atoms with Gasteiger partial charge in [0.15, 0.2) is 11.6 Å². The zero-order valence-electron chi connectivity index (χ0n) is 17.9. The van der Waals surface area contributed by atoms with Crippen molar-refractivity contribution < 1.29 is 18.3 Å². The number of amides is 1. The molecule has 0 aliphatic rings. The number of nitrogens with one attached hydrogen (secondary N) is 1. The number of hydrogen-bond donors (Lipinski definition) is 1. The summed E-state index contributed by atoms with van der Waals surface area (Å²) in [5, 5.41) is 9.29. The highest BCUT2D eigenvalue weighted by molar-refractivity contribution is 9.10. The number of hydrogen-bond acceptors (Lipinski definition) is 4. The van der Waals surface area contributed by atoms with E-state index >= 15 is 0 Å². The summed E-state index contributed by atoms with van der Waals surface area (Å²) >= 11 is 4.70. The van der Waals surface area contributed by atoms with E-state index in [4.69, 9.17) is 4.74 Å². The van der Waals surface area contributed by atoms with Crippen LogP contribution in [0.15, 0.2) is 58.4 Å². The number of nitrogens with zero attached hydrogens (tertiary/aromatic N) is 2. The Bertz CT molecular complexity index is 1300. The van der Waals surface area contributed by atoms with Gasteiger partial charge in [-0.15, -0.1) is 11.3 Å². The van der Waals surface area contributed by atoms with Gasteiger partial charge in [-0.25, -0.2) is 8.78 Å². The summed E-state index contributed by atoms with van der Waals surface area (Å²) in [6.45, 7) is 4.43. The summed E-state index contributed by atoms with van der Waals surface area (Å²) < 4.78 is 35.0. The van der Waals surface area contributed by atoms with E-state index in [1.807, 2.05) is 42.8 Å². The first-order valence-electron chi connectivity index (χ1n) is 10.0. The molecule has 0 atom stereocenters. The molecule has 1 N–H and O–H groups in total. The Hall–Kier alpha value is -3.04. The van der Waals surface area contributed by atoms with Crippen molar-refractivity contribution in [2.75, 3.05) is 5.32 Å². The summed E-state index contributed by atoms with van der Waals surface area (Å²) in [5.41, 5.74) is 4.08. The first kappa shape index (κ1) is 23.1. The van der Waals surface area contributed by atoms with E-state index in [-0.39, 0.29) is 18.3 Å². The van der Waals surface area contributed by atoms with E-state index in [9.17, 15) is 13.6 Å². The molecule has 0 radical (unpaired) electrons. The molecule has 2 aromatic heterocycles. The van der Waals surface area contributed by atoms with Gasteiger partial charge >= 0.3 is 0 Å². The normalized spacial score (nSPS) is 10.9. The number of halogens is 3. The molecular weight excluding hydrogens is 512 g/mol. The molecular formula is C24H20BrF2N3O2S. The van der Waals surface area contributed by atoms with Gasteiger partial charge in [-0.05, 0) is 55.1 Å². The number of aromatic nitrogens is 2. The average molecular weight is 532 g/mol. The van der Waals surface area contributed by atoms with Crippen molar-refractivity contribution >= 4 is 38.9 Å². The third-order valence-corrected chi connectivity index (χ3v) is 6.54. The van der Waals surface area contributed by atoms with E-state index in [2.05, 4.69) is 26.3 Å². The van der Waals surface area contributed by atoms with Crippen LogP contribution in [0.3, 0.4) is 0 Å². The molecule has 0 aliphatic heterocycles. The Morgan fingerprint density at radius 3 is 2.61 bits per heavy atom. The molecule has 4 rings (SSSR count). The first-order chi connectivity index (χ1) is 15.8. The number of thiophene rings is 1. The van der Waals surface area contributed by atoms with E-state index < -0.39 is 11.6 Å². The van der Waals surface area contributed by atoms with Gasteiger partial charge in [0, 0.05) is 16.1 Å². The minimum Gasteiger partial charge on any atom is -0.486 e. The number of ether oxygens (including phenoxy) is 1. The summed E-state index contributed by atoms with van der Waals surface area (Å²) in [5.74, 6) is -1.74. The second-order valence-corrected chi connectivity index (χ2v) is 9.29. The van der Waals surface area contributed by atoms with Gasteiger partial charge in [0.05, 0.1) is 28.5 Å². The van der Waals surface area contributed by atoms with E-state index in [1.54, 1.807) is 11.4 Å². The molecule has 9 heteroatoms. The minimum absolute atomic E-state index is 0.0435. The van der Waals surface area contributed by atoms with Crippen LogP contribution in [0, 0.1) is 25.5 Å². The molecule has 2 aromatic carbocycles. The number of anilines is 1. The van der Waals surface area contributed by atoms with Crippen molar-refractivity contribution in [2.24, 2.45) is 0 Å². The van der Waals surface area contributed by atoms with Crippen molar-refractivity contribution in [1.29, 1.82) is 0 Å². The molecule has 5 nitrogen and oxygen atoms in total. The molecule has 1 amide bonds. The lowest BCUT2D eigenvalue weighted by Crippen LogP contribution is -2.12. The Balaban J connectivity index is 1.42. The van der Waals surface area contributed by atoms with Crippen molar-refractivity contribution in [3.05, 3.63) is 97.4 Å². The SMILES string of the molecule is Cc1nn(Cc2ccc(Br)cc2)c(C)c1NC(=O)c1cc(COc2ccc(F)cc2F)cs1. The van der Waals surface area contributed by atoms with Crippen molar-refractivity contribution in [2.45, 2.75) is 27.0 Å². The Kier molecular flexibility index (Phi) is 6.90. The van der Waals surface area contributed by atoms with E-state index in [0.717, 1.165) is 33.6 Å². The predicted octanol–water partition coefficient (Wildman–Crippen LogP) is 6.48. The highest BCUT2D eigenvalue weighted by Crippen LogP contribution is 2.25. The highest BCUT2D eigenvalue weighted by Gasteiger charge is 2.17. The summed E-state index contributed by atoms with van der Waals surface area (Å²) in [6.07, 6.45) is 0. The van der Waals surface area contributed by atoms with Crippen LogP contribution >= 0.6 is 27.3 Å². The molecule has 0 saturated heterocycles. The maximum atomic E-state index is 13.7. The van der Waals surface area contributed by atoms with Crippen LogP contribution in [0.2, 0.25) is 0 Å². The predicted molar refractivity (Wildman–Crippen MR) is 128 cm³/mol. The lowest BCUT2D eigenvalue weighted by Gasteiger charge is -2.07. The number of rotatable bonds is 7. The third-order valence-electron chi connectivity index (χ3n) is 5.03. The van der Waals surface area contributed by atoms with Crippen LogP contribution in [0.25, 0.3) is 0 Å². The van der Waals surface area contributed by atoms with Crippen LogP contribution in [0.1, 0.15) is 32.2 Å². The molecule has 2 heterocycles. The lowest BCUT2D eigenvalue weighted by molar-refractivity contribution is 0.103. The molecule has 0 bridgehead atoms. The lowest BCUT2D eigenvalue weighted by atomic mass is 10.2. The van der Waals surface area contributed by atoms with Gasteiger partial charge in [-0.2, -0.15) is 5.10 Å². The van der Waals surface area contributed by atoms with Crippen LogP contribution in [-0.2, 0) is 13.2 Å². The smallest absolute Gasteiger partial charge is 0.265 e. The maximum absolute atomic E-state index is 13.7. The fourth-order valence-corrected chi connectivity index (χ4v) is 4.35. The average Bonchev–Trinajstić information content (AvgIpc) is 3.35. The summed E-state index contributed by atoms with van der Waals surface area (Å²) in [4.78, 5) is 13.3. The van der Waals surface area contributed by atoms with Gasteiger partial charge < -0.3 is 10.1 Å². The fraction of sp³-hybridized carbons (Fsp3) is 0.167. The van der Waals surface area contributed by atoms with E-state index in [0.29, 0.717) is 22.7 Å². The van der Waals surface area contributed by atoms with Gasteiger partial charge in [0.2, 0.25) is 0 Å². The van der Waals surface area contributed by atoms with Crippen LogP contribution in [0.4, 0.5) is 14.5 Å². The first-order valence-corrected chi connectivity index (χ1v) is 11.7. The molecule has 0 spiro atoms. The standard InChI is InChI=1S/C24H20BrF2N3O2S/c1-14-23(15(2)30(29-14)11-16-3-5-18(25)6-4-16)28-24(31)22-9-17(13-33-22)12-32-21-8-7-19(26)10-20(21)27/h3-10,13H,11-12H2,1-2H3,(H,28,31). The van der Waals surface area contributed by atoms with Crippen molar-refractivity contribution in [1.82, 2.24) is 9.78 Å². The molecule has 0 unspecified atom stereocenters. The molecule has 33 heavy (non-hydrogen) atoms. The van der Waals surface area contributed by atoms with Crippen LogP contribution in [-0.4, -0.2) is 15.7 Å². The van der Waals surface area contributed by atoms with Crippen LogP contribution in [0.5, 0.6) is 5.75 Å². The monoisotopic (exact) mass is 531 g/mol. The number of carbonyl (C=O) groups excluding carboxylic acids is 1. The topological polar surface area (TPSA) is 56.2 Å². The Labute approximate surface area is 202 Å². The molecule has 0 saturated carbocycles. The zero-order chi connectivity index (χ0) is 23.5. The molecule has 170 valence electrons. The molecule has 4 aromatic rings. The third kappa shape index (κ3) is 5.48. The molecule has 0 aliphatic carbocycles. The minimum atomic E-state index is -0.769. The number of benzene rings is 2. The van der Waals surface area contributed by atoms with Crippen molar-refractivity contribution in [3.8, 4) is 5.75 Å². The summed E-state index contributed by atoms with van der Waals surface area (Å²) in [7, 11) is 0. The van der Waals surface area contributed by atoms with Gasteiger partial charge in [0.25, 0.3) is 5.91 Å². The largest absolute Gasteiger partial charge is 0.486 e. The van der Waals surface area contributed by atoms with Crippen LogP contribution < -0.4 is 10.1 Å². The van der Waals surface area contributed by atoms with Gasteiger partial charge in [-0.3, -0.25) is 9.48 Å². The van der Waals surface area contributed by atoms with Gasteiger partial charge in [-0.1, -0.05) is 28.1 Å². The van der Waals surface area contributed by atoms with E-state index in [1.165, 1.54) is 17.4 Å². The molecule has 0 fully saturated rings. The Morgan fingerprint density at radius 2 is 1.88 bits per heavy atom. The maximum Gasteiger partial charge on any atom is 0.265 e. The Morgan fingerprint density at radius 1 is 1.12 bits per heavy atom. The number of carbonyl (C=O) groups is 1. The second kappa shape index (κ2) is 9.84. The highest BCUT2D eigenvalue weighted by atomic mass is 79.9. The van der Waals surface area contributed by atoms with Gasteiger partial charge in [0.1, 0.15) is 12.4 Å². The van der Waals surface area contributed by atoms with Crippen molar-refractivity contribution in [3.63, 3.8) is 0 Å². The fourth-order valence-electron chi connectivity index (χ4n) is 3.29. The number of aryl methyl sites for hydroxylation is 1. The zero-order valence-corrected chi connectivity index (χ0v) is 20.3. The quantitative estimate of drug-likeness (QED) is 0.297.